The van der Waals surface area contributed by atoms with Gasteiger partial charge in [-0.2, -0.15) is 0 Å². The summed E-state index contributed by atoms with van der Waals surface area (Å²) in [6.07, 6.45) is 0.594. The predicted octanol–water partition coefficient (Wildman–Crippen LogP) is 3.76. The van der Waals surface area contributed by atoms with Gasteiger partial charge in [-0.1, -0.05) is 56.3 Å². The molecule has 0 saturated carbocycles. The standard InChI is InChI=1S/C22H28N2O2/c1-15(2)13-20(24-21(25)19-12-8-6-10-17(19)4)22(26)23-14-18-11-7-5-9-16(18)3/h5-12,15,20H,13-14H2,1-4H3,(H,23,26)(H,24,25). The lowest BCUT2D eigenvalue weighted by molar-refractivity contribution is -0.123. The van der Waals surface area contributed by atoms with Crippen LogP contribution < -0.4 is 10.6 Å². The normalized spacial score (nSPS) is 11.9. The van der Waals surface area contributed by atoms with Crippen LogP contribution in [-0.2, 0) is 11.3 Å². The second-order valence-corrected chi connectivity index (χ2v) is 7.11. The molecule has 1 atom stereocenters. The van der Waals surface area contributed by atoms with Gasteiger partial charge in [0.25, 0.3) is 5.91 Å². The second-order valence-electron chi connectivity index (χ2n) is 7.11. The minimum absolute atomic E-state index is 0.149. The van der Waals surface area contributed by atoms with E-state index in [0.717, 1.165) is 16.7 Å². The number of aryl methyl sites for hydroxylation is 2. The minimum Gasteiger partial charge on any atom is -0.350 e. The van der Waals surface area contributed by atoms with E-state index in [-0.39, 0.29) is 11.8 Å². The molecular formula is C22H28N2O2. The molecule has 2 aromatic carbocycles. The number of carbonyl (C=O) groups excluding carboxylic acids is 2. The number of nitrogens with one attached hydrogen (secondary N) is 2. The molecule has 0 bridgehead atoms. The number of hydrogen-bond donors (Lipinski definition) is 2. The van der Waals surface area contributed by atoms with Crippen LogP contribution in [-0.4, -0.2) is 17.9 Å². The summed E-state index contributed by atoms with van der Waals surface area (Å²) >= 11 is 0. The van der Waals surface area contributed by atoms with Crippen molar-refractivity contribution in [2.75, 3.05) is 0 Å². The Bertz CT molecular complexity index is 768. The van der Waals surface area contributed by atoms with Gasteiger partial charge in [-0.25, -0.2) is 0 Å². The van der Waals surface area contributed by atoms with E-state index in [1.54, 1.807) is 6.07 Å². The molecule has 0 aliphatic carbocycles. The van der Waals surface area contributed by atoms with Gasteiger partial charge in [0.2, 0.25) is 5.91 Å². The summed E-state index contributed by atoms with van der Waals surface area (Å²) in [6, 6.07) is 14.8. The molecule has 0 fully saturated rings. The van der Waals surface area contributed by atoms with Crippen molar-refractivity contribution in [3.63, 3.8) is 0 Å². The quantitative estimate of drug-likeness (QED) is 0.797. The van der Waals surface area contributed by atoms with Crippen LogP contribution in [0.5, 0.6) is 0 Å². The van der Waals surface area contributed by atoms with Crippen LogP contribution in [0.3, 0.4) is 0 Å². The molecule has 26 heavy (non-hydrogen) atoms. The van der Waals surface area contributed by atoms with Gasteiger partial charge in [0.15, 0.2) is 0 Å². The van der Waals surface area contributed by atoms with Gasteiger partial charge >= 0.3 is 0 Å². The summed E-state index contributed by atoms with van der Waals surface area (Å²) in [6.45, 7) is 8.46. The summed E-state index contributed by atoms with van der Waals surface area (Å²) in [5.41, 5.74) is 3.72. The Labute approximate surface area is 156 Å². The third-order valence-corrected chi connectivity index (χ3v) is 4.43. The zero-order valence-electron chi connectivity index (χ0n) is 16.0. The van der Waals surface area contributed by atoms with E-state index in [1.165, 1.54) is 0 Å². The summed E-state index contributed by atoms with van der Waals surface area (Å²) in [5.74, 6) is -0.0648. The lowest BCUT2D eigenvalue weighted by Gasteiger charge is -2.21. The molecule has 0 radical (unpaired) electrons. The van der Waals surface area contributed by atoms with Crippen molar-refractivity contribution >= 4 is 11.8 Å². The zero-order chi connectivity index (χ0) is 19.1. The summed E-state index contributed by atoms with van der Waals surface area (Å²) in [4.78, 5) is 25.3. The predicted molar refractivity (Wildman–Crippen MR) is 105 cm³/mol. The fourth-order valence-corrected chi connectivity index (χ4v) is 2.88. The lowest BCUT2D eigenvalue weighted by Crippen LogP contribution is -2.47. The van der Waals surface area contributed by atoms with Crippen LogP contribution in [0, 0.1) is 19.8 Å². The van der Waals surface area contributed by atoms with Gasteiger partial charge in [0.1, 0.15) is 6.04 Å². The summed E-state index contributed by atoms with van der Waals surface area (Å²) in [5, 5.41) is 5.87. The van der Waals surface area contributed by atoms with E-state index in [9.17, 15) is 9.59 Å². The van der Waals surface area contributed by atoms with Gasteiger partial charge in [0.05, 0.1) is 0 Å². The molecular weight excluding hydrogens is 324 g/mol. The first kappa shape index (κ1) is 19.7. The number of rotatable bonds is 7. The van der Waals surface area contributed by atoms with Gasteiger partial charge in [-0.05, 0) is 48.9 Å². The number of amides is 2. The Morgan fingerprint density at radius 2 is 1.54 bits per heavy atom. The van der Waals surface area contributed by atoms with Gasteiger partial charge < -0.3 is 10.6 Å². The number of carbonyl (C=O) groups is 2. The van der Waals surface area contributed by atoms with Gasteiger partial charge in [0, 0.05) is 12.1 Å². The monoisotopic (exact) mass is 352 g/mol. The Morgan fingerprint density at radius 3 is 2.15 bits per heavy atom. The van der Waals surface area contributed by atoms with Crippen LogP contribution >= 0.6 is 0 Å². The molecule has 0 aliphatic rings. The molecule has 0 spiro atoms. The number of benzene rings is 2. The van der Waals surface area contributed by atoms with Crippen molar-refractivity contribution in [3.05, 3.63) is 70.8 Å². The third-order valence-electron chi connectivity index (χ3n) is 4.43. The third kappa shape index (κ3) is 5.45. The highest BCUT2D eigenvalue weighted by Gasteiger charge is 2.23. The first-order chi connectivity index (χ1) is 12.4. The van der Waals surface area contributed by atoms with Gasteiger partial charge in [-0.15, -0.1) is 0 Å². The van der Waals surface area contributed by atoms with E-state index in [0.29, 0.717) is 24.4 Å². The maximum absolute atomic E-state index is 12.7. The highest BCUT2D eigenvalue weighted by atomic mass is 16.2. The maximum atomic E-state index is 12.7. The highest BCUT2D eigenvalue weighted by molar-refractivity contribution is 5.98. The summed E-state index contributed by atoms with van der Waals surface area (Å²) in [7, 11) is 0. The number of hydrogen-bond acceptors (Lipinski definition) is 2. The van der Waals surface area contributed by atoms with E-state index in [4.69, 9.17) is 0 Å². The van der Waals surface area contributed by atoms with E-state index in [1.807, 2.05) is 70.2 Å². The molecule has 4 heteroatoms. The van der Waals surface area contributed by atoms with E-state index in [2.05, 4.69) is 10.6 Å². The van der Waals surface area contributed by atoms with Crippen molar-refractivity contribution in [2.24, 2.45) is 5.92 Å². The zero-order valence-corrected chi connectivity index (χ0v) is 16.0. The molecule has 138 valence electrons. The fourth-order valence-electron chi connectivity index (χ4n) is 2.88. The molecule has 2 rings (SSSR count). The molecule has 2 aromatic rings. The Hall–Kier alpha value is -2.62. The summed E-state index contributed by atoms with van der Waals surface area (Å²) < 4.78 is 0. The second kappa shape index (κ2) is 9.18. The van der Waals surface area contributed by atoms with Crippen molar-refractivity contribution < 1.29 is 9.59 Å². The molecule has 2 N–H and O–H groups in total. The fraction of sp³-hybridized carbons (Fsp3) is 0.364. The topological polar surface area (TPSA) is 58.2 Å². The van der Waals surface area contributed by atoms with Crippen LogP contribution in [0.25, 0.3) is 0 Å². The molecule has 2 amide bonds. The van der Waals surface area contributed by atoms with Crippen LogP contribution in [0.15, 0.2) is 48.5 Å². The average molecular weight is 352 g/mol. The first-order valence-corrected chi connectivity index (χ1v) is 9.07. The van der Waals surface area contributed by atoms with Crippen LogP contribution in [0.2, 0.25) is 0 Å². The molecule has 0 heterocycles. The minimum atomic E-state index is -0.550. The smallest absolute Gasteiger partial charge is 0.252 e. The molecule has 0 saturated heterocycles. The van der Waals surface area contributed by atoms with E-state index < -0.39 is 6.04 Å². The van der Waals surface area contributed by atoms with Gasteiger partial charge in [-0.3, -0.25) is 9.59 Å². The average Bonchev–Trinajstić information content (AvgIpc) is 2.60. The maximum Gasteiger partial charge on any atom is 0.252 e. The Balaban J connectivity index is 2.06. The molecule has 4 nitrogen and oxygen atoms in total. The van der Waals surface area contributed by atoms with Crippen LogP contribution in [0.4, 0.5) is 0 Å². The van der Waals surface area contributed by atoms with Crippen molar-refractivity contribution in [1.82, 2.24) is 10.6 Å². The van der Waals surface area contributed by atoms with Crippen LogP contribution in [0.1, 0.15) is 47.3 Å². The largest absolute Gasteiger partial charge is 0.350 e. The Kier molecular flexibility index (Phi) is 6.96. The Morgan fingerprint density at radius 1 is 0.923 bits per heavy atom. The SMILES string of the molecule is Cc1ccccc1CNC(=O)C(CC(C)C)NC(=O)c1ccccc1C. The van der Waals surface area contributed by atoms with Crippen molar-refractivity contribution in [1.29, 1.82) is 0 Å². The molecule has 1 unspecified atom stereocenters. The molecule has 0 aromatic heterocycles. The lowest BCUT2D eigenvalue weighted by atomic mass is 10.0. The highest BCUT2D eigenvalue weighted by Crippen LogP contribution is 2.11. The van der Waals surface area contributed by atoms with Crippen molar-refractivity contribution in [2.45, 2.75) is 46.7 Å². The first-order valence-electron chi connectivity index (χ1n) is 9.07. The van der Waals surface area contributed by atoms with E-state index >= 15 is 0 Å². The molecule has 0 aliphatic heterocycles. The van der Waals surface area contributed by atoms with Crippen molar-refractivity contribution in [3.8, 4) is 0 Å².